The van der Waals surface area contributed by atoms with E-state index in [1.165, 1.54) is 0 Å². The van der Waals surface area contributed by atoms with Crippen molar-refractivity contribution in [2.24, 2.45) is 5.92 Å². The number of nitrogens with zero attached hydrogens (tertiary/aromatic N) is 1. The van der Waals surface area contributed by atoms with E-state index in [2.05, 4.69) is 32.7 Å². The van der Waals surface area contributed by atoms with Crippen molar-refractivity contribution in [3.63, 3.8) is 0 Å². The quantitative estimate of drug-likeness (QED) is 0.799. The van der Waals surface area contributed by atoms with Crippen molar-refractivity contribution >= 4 is 0 Å². The van der Waals surface area contributed by atoms with Crippen LogP contribution >= 0.6 is 0 Å². The predicted molar refractivity (Wildman–Crippen MR) is 66.5 cm³/mol. The molecule has 1 rings (SSSR count). The highest BCUT2D eigenvalue weighted by molar-refractivity contribution is 5.02. The van der Waals surface area contributed by atoms with Gasteiger partial charge in [0.05, 0.1) is 17.3 Å². The zero-order valence-electron chi connectivity index (χ0n) is 11.6. The molecule has 0 aromatic carbocycles. The molecular weight excluding hydrogens is 202 g/mol. The van der Waals surface area contributed by atoms with Gasteiger partial charge in [-0.25, -0.2) is 0 Å². The molecule has 0 saturated carbocycles. The average Bonchev–Trinajstić information content (AvgIpc) is 2.24. The van der Waals surface area contributed by atoms with Crippen molar-refractivity contribution in [1.82, 2.24) is 4.90 Å². The van der Waals surface area contributed by atoms with E-state index < -0.39 is 5.60 Å². The molecule has 1 aliphatic heterocycles. The Hall–Kier alpha value is -0.120. The number of hydrogen-bond donors (Lipinski definition) is 1. The lowest BCUT2D eigenvalue weighted by Gasteiger charge is -2.30. The summed E-state index contributed by atoms with van der Waals surface area (Å²) in [4.78, 5) is 2.28. The van der Waals surface area contributed by atoms with Crippen LogP contribution in [0, 0.1) is 5.92 Å². The predicted octanol–water partition coefficient (Wildman–Crippen LogP) is 1.89. The van der Waals surface area contributed by atoms with Gasteiger partial charge in [0.25, 0.3) is 0 Å². The second-order valence-electron chi connectivity index (χ2n) is 6.12. The normalized spacial score (nSPS) is 32.2. The average molecular weight is 229 g/mol. The molecule has 0 bridgehead atoms. The third kappa shape index (κ3) is 2.76. The van der Waals surface area contributed by atoms with E-state index >= 15 is 0 Å². The van der Waals surface area contributed by atoms with Crippen LogP contribution in [0.25, 0.3) is 0 Å². The summed E-state index contributed by atoms with van der Waals surface area (Å²) >= 11 is 0. The number of ether oxygens (including phenoxy) is 1. The molecule has 0 radical (unpaired) electrons. The van der Waals surface area contributed by atoms with Gasteiger partial charge in [-0.1, -0.05) is 6.92 Å². The van der Waals surface area contributed by atoms with Crippen LogP contribution in [0.5, 0.6) is 0 Å². The van der Waals surface area contributed by atoms with E-state index in [0.29, 0.717) is 0 Å². The molecule has 3 heteroatoms. The molecule has 3 nitrogen and oxygen atoms in total. The zero-order valence-corrected chi connectivity index (χ0v) is 11.6. The van der Waals surface area contributed by atoms with Gasteiger partial charge in [-0.2, -0.15) is 0 Å². The summed E-state index contributed by atoms with van der Waals surface area (Å²) in [6.07, 6.45) is 0.756. The first-order valence-corrected chi connectivity index (χ1v) is 6.27. The van der Waals surface area contributed by atoms with Gasteiger partial charge in [0.1, 0.15) is 0 Å². The van der Waals surface area contributed by atoms with Crippen LogP contribution in [0.2, 0.25) is 0 Å². The molecule has 0 aliphatic carbocycles. The van der Waals surface area contributed by atoms with Gasteiger partial charge in [0.15, 0.2) is 0 Å². The number of aliphatic hydroxyl groups excluding tert-OH is 1. The lowest BCUT2D eigenvalue weighted by atomic mass is 9.84. The highest BCUT2D eigenvalue weighted by Crippen LogP contribution is 2.42. The first-order chi connectivity index (χ1) is 7.20. The molecule has 1 aliphatic rings. The molecule has 2 atom stereocenters. The van der Waals surface area contributed by atoms with Crippen LogP contribution in [0.3, 0.4) is 0 Å². The second-order valence-corrected chi connectivity index (χ2v) is 6.12. The summed E-state index contributed by atoms with van der Waals surface area (Å²) in [6.45, 7) is 12.2. The fourth-order valence-electron chi connectivity index (χ4n) is 2.81. The maximum Gasteiger partial charge on any atom is 0.0896 e. The fraction of sp³-hybridized carbons (Fsp3) is 1.00. The first kappa shape index (κ1) is 13.9. The summed E-state index contributed by atoms with van der Waals surface area (Å²) < 4.78 is 5.96. The molecule has 96 valence electrons. The molecule has 2 unspecified atom stereocenters. The Kier molecular flexibility index (Phi) is 4.04. The van der Waals surface area contributed by atoms with Gasteiger partial charge in [-0.15, -0.1) is 0 Å². The Morgan fingerprint density at radius 3 is 2.12 bits per heavy atom. The molecule has 1 heterocycles. The summed E-state index contributed by atoms with van der Waals surface area (Å²) in [6, 6.07) is 0. The number of aliphatic hydroxyl groups is 1. The van der Waals surface area contributed by atoms with Crippen molar-refractivity contribution in [2.45, 2.75) is 58.3 Å². The topological polar surface area (TPSA) is 32.7 Å². The van der Waals surface area contributed by atoms with E-state index in [1.807, 2.05) is 13.8 Å². The summed E-state index contributed by atoms with van der Waals surface area (Å²) in [5.41, 5.74) is -0.674. The van der Waals surface area contributed by atoms with Gasteiger partial charge < -0.3 is 14.7 Å². The maximum absolute atomic E-state index is 10.3. The Morgan fingerprint density at radius 1 is 1.19 bits per heavy atom. The van der Waals surface area contributed by atoms with Crippen molar-refractivity contribution < 1.29 is 9.84 Å². The Bertz CT molecular complexity index is 238. The van der Waals surface area contributed by atoms with E-state index in [1.54, 1.807) is 0 Å². The second kappa shape index (κ2) is 4.63. The van der Waals surface area contributed by atoms with Gasteiger partial charge in [-0.05, 0) is 47.7 Å². The van der Waals surface area contributed by atoms with E-state index in [4.69, 9.17) is 4.74 Å². The van der Waals surface area contributed by atoms with Crippen LogP contribution in [-0.4, -0.2) is 47.4 Å². The van der Waals surface area contributed by atoms with Crippen molar-refractivity contribution in [3.05, 3.63) is 0 Å². The number of hydrogen-bond acceptors (Lipinski definition) is 3. The van der Waals surface area contributed by atoms with Gasteiger partial charge in [0, 0.05) is 12.5 Å². The van der Waals surface area contributed by atoms with Crippen LogP contribution in [0.4, 0.5) is 0 Å². The van der Waals surface area contributed by atoms with E-state index in [0.717, 1.165) is 19.5 Å². The lowest BCUT2D eigenvalue weighted by Crippen LogP contribution is -2.42. The minimum absolute atomic E-state index is 0.180. The summed E-state index contributed by atoms with van der Waals surface area (Å²) in [5.74, 6) is 0.180. The SMILES string of the molecule is CCCN(C)CC1C(O)C(C)(C)OC1(C)C. The number of rotatable bonds is 4. The van der Waals surface area contributed by atoms with Crippen molar-refractivity contribution in [1.29, 1.82) is 0 Å². The largest absolute Gasteiger partial charge is 0.390 e. The van der Waals surface area contributed by atoms with Gasteiger partial charge in [0.2, 0.25) is 0 Å². The smallest absolute Gasteiger partial charge is 0.0896 e. The lowest BCUT2D eigenvalue weighted by molar-refractivity contribution is -0.0912. The monoisotopic (exact) mass is 229 g/mol. The van der Waals surface area contributed by atoms with Crippen LogP contribution < -0.4 is 0 Å². The Labute approximate surface area is 99.8 Å². The molecule has 1 saturated heterocycles. The van der Waals surface area contributed by atoms with E-state index in [9.17, 15) is 5.11 Å². The van der Waals surface area contributed by atoms with Gasteiger partial charge in [-0.3, -0.25) is 0 Å². The highest BCUT2D eigenvalue weighted by Gasteiger charge is 2.53. The van der Waals surface area contributed by atoms with Crippen LogP contribution in [0.1, 0.15) is 41.0 Å². The van der Waals surface area contributed by atoms with Crippen LogP contribution in [0.15, 0.2) is 0 Å². The standard InChI is InChI=1S/C13H27NO2/c1-7-8-14(6)9-10-11(15)13(4,5)16-12(10,2)3/h10-11,15H,7-9H2,1-6H3. The summed E-state index contributed by atoms with van der Waals surface area (Å²) in [5, 5.41) is 10.3. The molecule has 0 spiro atoms. The Morgan fingerprint density at radius 2 is 1.75 bits per heavy atom. The molecule has 16 heavy (non-hydrogen) atoms. The minimum Gasteiger partial charge on any atom is -0.390 e. The third-order valence-corrected chi connectivity index (χ3v) is 3.63. The third-order valence-electron chi connectivity index (χ3n) is 3.63. The summed E-state index contributed by atoms with van der Waals surface area (Å²) in [7, 11) is 2.11. The molecule has 1 N–H and O–H groups in total. The molecule has 1 fully saturated rings. The molecular formula is C13H27NO2. The van der Waals surface area contributed by atoms with Crippen LogP contribution in [-0.2, 0) is 4.74 Å². The fourth-order valence-corrected chi connectivity index (χ4v) is 2.81. The molecule has 0 amide bonds. The highest BCUT2D eigenvalue weighted by atomic mass is 16.5. The van der Waals surface area contributed by atoms with E-state index in [-0.39, 0.29) is 17.6 Å². The minimum atomic E-state index is -0.429. The first-order valence-electron chi connectivity index (χ1n) is 6.27. The maximum atomic E-state index is 10.3. The Balaban J connectivity index is 2.71. The molecule has 0 aromatic heterocycles. The van der Waals surface area contributed by atoms with Crippen molar-refractivity contribution in [3.8, 4) is 0 Å². The molecule has 0 aromatic rings. The van der Waals surface area contributed by atoms with Crippen molar-refractivity contribution in [2.75, 3.05) is 20.1 Å². The zero-order chi connectivity index (χ0) is 12.6. The van der Waals surface area contributed by atoms with Gasteiger partial charge >= 0.3 is 0 Å².